The topological polar surface area (TPSA) is 108 Å². The van der Waals surface area contributed by atoms with Gasteiger partial charge >= 0.3 is 0 Å². The van der Waals surface area contributed by atoms with Gasteiger partial charge in [-0.15, -0.1) is 5.10 Å². The van der Waals surface area contributed by atoms with Crippen molar-refractivity contribution in [1.29, 1.82) is 5.26 Å². The number of benzene rings is 2. The Morgan fingerprint density at radius 1 is 1.02 bits per heavy atom. The van der Waals surface area contributed by atoms with Gasteiger partial charge in [0.1, 0.15) is 11.8 Å². The average molecular weight is 627 g/mol. The van der Waals surface area contributed by atoms with Gasteiger partial charge < -0.3 is 10.6 Å². The van der Waals surface area contributed by atoms with Crippen LogP contribution in [0.2, 0.25) is 10.0 Å². The van der Waals surface area contributed by atoms with E-state index in [2.05, 4.69) is 62.7 Å². The van der Waals surface area contributed by atoms with Gasteiger partial charge in [0.2, 0.25) is 0 Å². The molecule has 0 bridgehead atoms. The number of halogens is 2. The number of nitriles is 1. The Morgan fingerprint density at radius 3 is 2.48 bits per heavy atom. The lowest BCUT2D eigenvalue weighted by atomic mass is 9.98. The van der Waals surface area contributed by atoms with Crippen molar-refractivity contribution in [3.8, 4) is 6.07 Å². The number of nitrogens with one attached hydrogen (secondary N) is 2. The van der Waals surface area contributed by atoms with E-state index in [9.17, 15) is 5.26 Å². The fraction of sp³-hybridized carbons (Fsp3) is 0.303. The summed E-state index contributed by atoms with van der Waals surface area (Å²) in [4.78, 5) is 11.4. The molecule has 5 aromatic rings. The maximum Gasteiger partial charge on any atom is 0.109 e. The second-order valence-corrected chi connectivity index (χ2v) is 12.9. The van der Waals surface area contributed by atoms with Crippen molar-refractivity contribution in [2.45, 2.75) is 51.2 Å². The Bertz CT molecular complexity index is 1800. The molecule has 1 fully saturated rings. The smallest absolute Gasteiger partial charge is 0.109 e. The van der Waals surface area contributed by atoms with Crippen LogP contribution in [0.1, 0.15) is 62.5 Å². The van der Waals surface area contributed by atoms with Crippen LogP contribution in [0, 0.1) is 11.3 Å². The number of likely N-dealkylation sites (tertiary alicyclic amines) is 1. The normalized spacial score (nSPS) is 15.2. The third kappa shape index (κ3) is 6.34. The van der Waals surface area contributed by atoms with Gasteiger partial charge in [-0.2, -0.15) is 5.26 Å². The zero-order valence-electron chi connectivity index (χ0n) is 24.8. The summed E-state index contributed by atoms with van der Waals surface area (Å²) < 4.78 is 2.00. The van der Waals surface area contributed by atoms with Crippen LogP contribution in [0.3, 0.4) is 0 Å². The second-order valence-electron chi connectivity index (χ2n) is 12.0. The molecule has 1 atom stereocenters. The number of nitrogens with zero attached hydrogens (tertiary/aromatic N) is 7. The van der Waals surface area contributed by atoms with Crippen LogP contribution in [0.15, 0.2) is 73.3 Å². The Hall–Kier alpha value is -4.23. The SMILES string of the molecule is CC(C)(C)N1CCC(n2cc([C@@H](Nc3cc(Cl)cc4c(Nc5cccnc5)c(C#N)cnc34)c3ccc(Cl)cc3)nn2)CC1. The van der Waals surface area contributed by atoms with Gasteiger partial charge in [0.05, 0.1) is 52.6 Å². The monoisotopic (exact) mass is 625 g/mol. The van der Waals surface area contributed by atoms with Crippen LogP contribution in [-0.2, 0) is 0 Å². The van der Waals surface area contributed by atoms with Crippen molar-refractivity contribution < 1.29 is 0 Å². The second kappa shape index (κ2) is 12.4. The number of anilines is 3. The summed E-state index contributed by atoms with van der Waals surface area (Å²) in [7, 11) is 0. The molecule has 2 aromatic carbocycles. The lowest BCUT2D eigenvalue weighted by molar-refractivity contribution is 0.0866. The van der Waals surface area contributed by atoms with Crippen LogP contribution in [0.5, 0.6) is 0 Å². The third-order valence-corrected chi connectivity index (χ3v) is 8.57. The van der Waals surface area contributed by atoms with Crippen molar-refractivity contribution in [2.24, 2.45) is 0 Å². The maximum atomic E-state index is 9.90. The van der Waals surface area contributed by atoms with E-state index in [1.54, 1.807) is 18.6 Å². The Morgan fingerprint density at radius 2 is 1.80 bits per heavy atom. The molecule has 0 aliphatic carbocycles. The molecular formula is C33H33Cl2N9. The van der Waals surface area contributed by atoms with E-state index in [4.69, 9.17) is 23.2 Å². The summed E-state index contributed by atoms with van der Waals surface area (Å²) in [5.41, 5.74) is 4.96. The van der Waals surface area contributed by atoms with Crippen LogP contribution in [-0.4, -0.2) is 48.5 Å². The predicted molar refractivity (Wildman–Crippen MR) is 176 cm³/mol. The molecule has 0 amide bonds. The summed E-state index contributed by atoms with van der Waals surface area (Å²) in [6, 6.07) is 17.2. The molecule has 0 spiro atoms. The molecule has 44 heavy (non-hydrogen) atoms. The molecule has 11 heteroatoms. The number of hydrogen-bond donors (Lipinski definition) is 2. The molecule has 6 rings (SSSR count). The summed E-state index contributed by atoms with van der Waals surface area (Å²) in [6.45, 7) is 8.81. The first-order valence-electron chi connectivity index (χ1n) is 14.6. The van der Waals surface area contributed by atoms with Gasteiger partial charge in [-0.05, 0) is 75.6 Å². The van der Waals surface area contributed by atoms with Gasteiger partial charge in [0, 0.05) is 46.5 Å². The number of aromatic nitrogens is 5. The fourth-order valence-electron chi connectivity index (χ4n) is 5.72. The van der Waals surface area contributed by atoms with E-state index >= 15 is 0 Å². The number of rotatable bonds is 7. The molecule has 3 aromatic heterocycles. The number of fused-ring (bicyclic) bond motifs is 1. The molecule has 0 saturated carbocycles. The van der Waals surface area contributed by atoms with Crippen LogP contribution >= 0.6 is 23.2 Å². The highest BCUT2D eigenvalue weighted by Gasteiger charge is 2.29. The Labute approximate surface area is 266 Å². The van der Waals surface area contributed by atoms with Gasteiger partial charge in [-0.3, -0.25) is 14.9 Å². The van der Waals surface area contributed by atoms with Crippen molar-refractivity contribution in [3.63, 3.8) is 0 Å². The van der Waals surface area contributed by atoms with E-state index < -0.39 is 0 Å². The summed E-state index contributed by atoms with van der Waals surface area (Å²) in [5.74, 6) is 0. The fourth-order valence-corrected chi connectivity index (χ4v) is 6.06. The Balaban J connectivity index is 1.37. The van der Waals surface area contributed by atoms with Crippen LogP contribution < -0.4 is 10.6 Å². The van der Waals surface area contributed by atoms with Crippen LogP contribution in [0.25, 0.3) is 10.9 Å². The zero-order chi connectivity index (χ0) is 30.8. The highest BCUT2D eigenvalue weighted by molar-refractivity contribution is 6.32. The predicted octanol–water partition coefficient (Wildman–Crippen LogP) is 7.78. The zero-order valence-corrected chi connectivity index (χ0v) is 26.3. The average Bonchev–Trinajstić information content (AvgIpc) is 3.51. The lowest BCUT2D eigenvalue weighted by Crippen LogP contribution is -2.46. The van der Waals surface area contributed by atoms with Gasteiger partial charge in [-0.25, -0.2) is 4.68 Å². The van der Waals surface area contributed by atoms with E-state index in [0.717, 1.165) is 42.9 Å². The molecular weight excluding hydrogens is 593 g/mol. The minimum atomic E-state index is -0.371. The largest absolute Gasteiger partial charge is 0.371 e. The molecule has 0 radical (unpaired) electrons. The molecule has 4 heterocycles. The van der Waals surface area contributed by atoms with Crippen molar-refractivity contribution in [1.82, 2.24) is 29.9 Å². The van der Waals surface area contributed by atoms with E-state index in [-0.39, 0.29) is 17.6 Å². The third-order valence-electron chi connectivity index (χ3n) is 8.10. The first-order chi connectivity index (χ1) is 21.2. The highest BCUT2D eigenvalue weighted by atomic mass is 35.5. The summed E-state index contributed by atoms with van der Waals surface area (Å²) >= 11 is 13.0. The maximum absolute atomic E-state index is 9.90. The van der Waals surface area contributed by atoms with E-state index in [0.29, 0.717) is 37.9 Å². The van der Waals surface area contributed by atoms with E-state index in [1.807, 2.05) is 59.4 Å². The minimum Gasteiger partial charge on any atom is -0.371 e. The molecule has 224 valence electrons. The van der Waals surface area contributed by atoms with Crippen molar-refractivity contribution >= 4 is 51.2 Å². The van der Waals surface area contributed by atoms with Crippen molar-refractivity contribution in [3.05, 3.63) is 100 Å². The molecule has 2 N–H and O–H groups in total. The number of pyridine rings is 2. The standard InChI is InChI=1S/C33H33Cl2N9/c1-33(2,3)43-13-10-26(11-14-43)44-20-29(41-42-44)31(21-6-8-23(34)9-7-21)40-28-16-24(35)15-27-30(22(17-36)18-38-32(27)28)39-25-5-4-12-37-19-25/h4-9,12,15-16,18-20,26,31,40H,10-11,13-14H2,1-3H3,(H,38,39)/t31-/m0/s1. The quantitative estimate of drug-likeness (QED) is 0.189. The van der Waals surface area contributed by atoms with E-state index in [1.165, 1.54) is 0 Å². The van der Waals surface area contributed by atoms with Crippen molar-refractivity contribution in [2.75, 3.05) is 23.7 Å². The molecule has 1 saturated heterocycles. The highest BCUT2D eigenvalue weighted by Crippen LogP contribution is 2.38. The Kier molecular flexibility index (Phi) is 8.41. The summed E-state index contributed by atoms with van der Waals surface area (Å²) in [6.07, 6.45) is 9.02. The minimum absolute atomic E-state index is 0.150. The summed E-state index contributed by atoms with van der Waals surface area (Å²) in [5, 5.41) is 28.0. The van der Waals surface area contributed by atoms with Gasteiger partial charge in [0.25, 0.3) is 0 Å². The lowest BCUT2D eigenvalue weighted by Gasteiger charge is -2.40. The number of hydrogen-bond acceptors (Lipinski definition) is 8. The molecule has 9 nitrogen and oxygen atoms in total. The molecule has 0 unspecified atom stereocenters. The van der Waals surface area contributed by atoms with Gasteiger partial charge in [0.15, 0.2) is 0 Å². The number of piperidine rings is 1. The first kappa shape index (κ1) is 29.8. The van der Waals surface area contributed by atoms with Gasteiger partial charge in [-0.1, -0.05) is 40.5 Å². The first-order valence-corrected chi connectivity index (χ1v) is 15.3. The molecule has 1 aliphatic rings. The van der Waals surface area contributed by atoms with Crippen LogP contribution in [0.4, 0.5) is 17.1 Å². The molecule has 1 aliphatic heterocycles.